The summed E-state index contributed by atoms with van der Waals surface area (Å²) in [7, 11) is 3.29. The molecule has 0 bridgehead atoms. The van der Waals surface area contributed by atoms with Crippen LogP contribution in [0.15, 0.2) is 24.3 Å². The van der Waals surface area contributed by atoms with E-state index in [9.17, 15) is 0 Å². The summed E-state index contributed by atoms with van der Waals surface area (Å²) in [6.07, 6.45) is 0. The third-order valence-corrected chi connectivity index (χ3v) is 6.57. The van der Waals surface area contributed by atoms with Crippen LogP contribution in [0.4, 0.5) is 5.82 Å². The molecule has 14 nitrogen and oxygen atoms in total. The molecular formula is C33H55IrN4O10-. The second kappa shape index (κ2) is 26.9. The van der Waals surface area contributed by atoms with Gasteiger partial charge in [-0.2, -0.15) is 0 Å². The van der Waals surface area contributed by atoms with Crippen LogP contribution in [-0.4, -0.2) is 139 Å². The number of nitrogens with zero attached hydrogens (tertiary/aromatic N) is 3. The molecule has 1 radical (unpaired) electrons. The first-order valence-corrected chi connectivity index (χ1v) is 16.1. The molecule has 0 saturated carbocycles. The molecule has 0 fully saturated rings. The van der Waals surface area contributed by atoms with Crippen molar-refractivity contribution in [3.63, 3.8) is 0 Å². The number of imidazole rings is 1. The second-order valence-electron chi connectivity index (χ2n) is 10.8. The molecule has 1 aromatic carbocycles. The van der Waals surface area contributed by atoms with Crippen LogP contribution in [0.2, 0.25) is 0 Å². The van der Waals surface area contributed by atoms with E-state index in [2.05, 4.69) is 9.55 Å². The summed E-state index contributed by atoms with van der Waals surface area (Å²) in [5, 5.41) is 9.36. The smallest absolute Gasteiger partial charge is 0.136 e. The van der Waals surface area contributed by atoms with Gasteiger partial charge in [0.25, 0.3) is 0 Å². The SMILES string of the molecule is CCOCc1nc2c([NH-])nc3ccccc3c2n1CC(C)(C)OCCOCCOCCOC.COCCOCCOCCOCCO.[Ir]. The Morgan fingerprint density at radius 1 is 0.729 bits per heavy atom. The Bertz CT molecular complexity index is 1220. The fourth-order valence-electron chi connectivity index (χ4n) is 4.37. The number of pyridine rings is 1. The molecule has 3 rings (SSSR count). The summed E-state index contributed by atoms with van der Waals surface area (Å²) < 4.78 is 50.0. The minimum atomic E-state index is -0.487. The van der Waals surface area contributed by atoms with E-state index in [1.54, 1.807) is 14.2 Å². The standard InChI is InChI=1S/C24H35N4O5.C9H20O5.Ir/c1-5-30-16-20-27-21-22(18-8-6-7-9-19(18)26-23(21)25)28(20)17-24(2,3)33-15-14-32-13-12-31-11-10-29-4;1-11-4-5-13-8-9-14-7-6-12-3-2-10;/h6-9H,5,10-17H2,1-4H3,(H-,25,26);10H,2-9H2,1H3;/q-1;;. The van der Waals surface area contributed by atoms with Crippen molar-refractivity contribution in [2.24, 2.45) is 0 Å². The van der Waals surface area contributed by atoms with Crippen LogP contribution >= 0.6 is 0 Å². The van der Waals surface area contributed by atoms with E-state index >= 15 is 0 Å². The minimum Gasteiger partial charge on any atom is -0.480 e. The van der Waals surface area contributed by atoms with Gasteiger partial charge < -0.3 is 63.0 Å². The van der Waals surface area contributed by atoms with E-state index in [-0.39, 0.29) is 32.5 Å². The number of ether oxygens (including phenoxy) is 9. The zero-order valence-corrected chi connectivity index (χ0v) is 31.5. The van der Waals surface area contributed by atoms with Gasteiger partial charge in [-0.25, -0.2) is 4.98 Å². The second-order valence-corrected chi connectivity index (χ2v) is 10.8. The Hall–Kier alpha value is -1.85. The molecule has 48 heavy (non-hydrogen) atoms. The number of hydrogen-bond donors (Lipinski definition) is 1. The van der Waals surface area contributed by atoms with Gasteiger partial charge in [0.05, 0.1) is 116 Å². The number of fused-ring (bicyclic) bond motifs is 3. The van der Waals surface area contributed by atoms with Gasteiger partial charge in [0.1, 0.15) is 12.4 Å². The normalized spacial score (nSPS) is 11.5. The average molecular weight is 860 g/mol. The van der Waals surface area contributed by atoms with E-state index in [4.69, 9.17) is 58.5 Å². The van der Waals surface area contributed by atoms with E-state index in [1.165, 1.54) is 0 Å². The summed E-state index contributed by atoms with van der Waals surface area (Å²) >= 11 is 0. The minimum absolute atomic E-state index is 0. The van der Waals surface area contributed by atoms with Crippen molar-refractivity contribution in [3.05, 3.63) is 35.8 Å². The van der Waals surface area contributed by atoms with Crippen LogP contribution in [0, 0.1) is 0 Å². The number of benzene rings is 1. The summed E-state index contributed by atoms with van der Waals surface area (Å²) in [5.41, 5.74) is 10.2. The molecule has 0 amide bonds. The molecule has 15 heteroatoms. The van der Waals surface area contributed by atoms with Gasteiger partial charge in [-0.05, 0) is 32.1 Å². The van der Waals surface area contributed by atoms with Crippen LogP contribution in [-0.2, 0) is 75.9 Å². The van der Waals surface area contributed by atoms with Crippen molar-refractivity contribution >= 4 is 27.8 Å². The summed E-state index contributed by atoms with van der Waals surface area (Å²) in [6, 6.07) is 7.84. The van der Waals surface area contributed by atoms with Crippen LogP contribution < -0.4 is 0 Å². The molecule has 3 aromatic rings. The molecule has 0 spiro atoms. The quantitative estimate of drug-likeness (QED) is 0.116. The van der Waals surface area contributed by atoms with Gasteiger partial charge in [0.15, 0.2) is 0 Å². The maximum Gasteiger partial charge on any atom is 0.136 e. The Balaban J connectivity index is 0.000000652. The number of aromatic nitrogens is 3. The zero-order chi connectivity index (χ0) is 34.2. The van der Waals surface area contributed by atoms with Crippen LogP contribution in [0.1, 0.15) is 26.6 Å². The van der Waals surface area contributed by atoms with Crippen LogP contribution in [0.3, 0.4) is 0 Å². The molecule has 0 saturated heterocycles. The summed E-state index contributed by atoms with van der Waals surface area (Å²) in [6.45, 7) is 14.5. The Morgan fingerprint density at radius 2 is 1.25 bits per heavy atom. The first kappa shape index (κ1) is 44.2. The van der Waals surface area contributed by atoms with E-state index in [1.807, 2.05) is 45.0 Å². The zero-order valence-electron chi connectivity index (χ0n) is 29.1. The maximum atomic E-state index is 8.40. The average Bonchev–Trinajstić information content (AvgIpc) is 3.42. The predicted octanol–water partition coefficient (Wildman–Crippen LogP) is 3.95. The summed E-state index contributed by atoms with van der Waals surface area (Å²) in [5.74, 6) is 0.930. The number of nitrogens with one attached hydrogen (secondary N) is 1. The largest absolute Gasteiger partial charge is 0.480 e. The van der Waals surface area contributed by atoms with Crippen molar-refractivity contribution in [2.45, 2.75) is 39.5 Å². The third-order valence-electron chi connectivity index (χ3n) is 6.57. The fourth-order valence-corrected chi connectivity index (χ4v) is 4.37. The number of methoxy groups -OCH3 is 2. The van der Waals surface area contributed by atoms with E-state index < -0.39 is 5.60 Å². The molecule has 2 heterocycles. The number of aliphatic hydroxyl groups excluding tert-OH is 1. The molecule has 0 aliphatic rings. The molecule has 0 aliphatic heterocycles. The van der Waals surface area contributed by atoms with Gasteiger partial charge in [-0.3, -0.25) is 0 Å². The molecule has 0 atom stereocenters. The molecular weight excluding hydrogens is 805 g/mol. The van der Waals surface area contributed by atoms with Crippen molar-refractivity contribution < 1.29 is 67.8 Å². The Kier molecular flexibility index (Phi) is 24.8. The van der Waals surface area contributed by atoms with Crippen molar-refractivity contribution in [1.29, 1.82) is 0 Å². The molecule has 0 aliphatic carbocycles. The van der Waals surface area contributed by atoms with Crippen LogP contribution in [0.5, 0.6) is 0 Å². The van der Waals surface area contributed by atoms with Crippen molar-refractivity contribution in [1.82, 2.24) is 14.5 Å². The molecule has 277 valence electrons. The van der Waals surface area contributed by atoms with Gasteiger partial charge in [-0.15, -0.1) is 0 Å². The van der Waals surface area contributed by atoms with E-state index in [0.29, 0.717) is 111 Å². The Morgan fingerprint density at radius 3 is 1.79 bits per heavy atom. The van der Waals surface area contributed by atoms with Gasteiger partial charge >= 0.3 is 0 Å². The van der Waals surface area contributed by atoms with E-state index in [0.717, 1.165) is 22.2 Å². The first-order valence-electron chi connectivity index (χ1n) is 16.1. The molecule has 2 aromatic heterocycles. The maximum absolute atomic E-state index is 8.40. The van der Waals surface area contributed by atoms with Gasteiger partial charge in [0, 0.05) is 46.3 Å². The first-order chi connectivity index (χ1) is 22.9. The molecule has 2 N–H and O–H groups in total. The fraction of sp³-hybridized carbons (Fsp3) is 0.697. The van der Waals surface area contributed by atoms with Gasteiger partial charge in [0.2, 0.25) is 0 Å². The predicted molar refractivity (Wildman–Crippen MR) is 179 cm³/mol. The number of rotatable bonds is 26. The number of aliphatic hydroxyl groups is 1. The van der Waals surface area contributed by atoms with Crippen LogP contribution in [0.25, 0.3) is 27.7 Å². The topological polar surface area (TPSA) is 158 Å². The summed E-state index contributed by atoms with van der Waals surface area (Å²) in [4.78, 5) is 9.14. The number of para-hydroxylation sites is 1. The van der Waals surface area contributed by atoms with Gasteiger partial charge in [-0.1, -0.05) is 24.3 Å². The Labute approximate surface area is 298 Å². The van der Waals surface area contributed by atoms with Crippen molar-refractivity contribution in [2.75, 3.05) is 113 Å². The molecule has 0 unspecified atom stereocenters. The number of hydrogen-bond acceptors (Lipinski definition) is 12. The third kappa shape index (κ3) is 17.2. The van der Waals surface area contributed by atoms with Crippen molar-refractivity contribution in [3.8, 4) is 0 Å². The monoisotopic (exact) mass is 860 g/mol.